The van der Waals surface area contributed by atoms with E-state index in [9.17, 15) is 0 Å². The maximum Gasteiger partial charge on any atom is 0.225 e. The fraction of sp³-hybridized carbons (Fsp3) is 0.636. The van der Waals surface area contributed by atoms with Gasteiger partial charge in [0.25, 0.3) is 0 Å². The number of aromatic nitrogens is 2. The van der Waals surface area contributed by atoms with Gasteiger partial charge in [-0.15, -0.1) is 0 Å². The lowest BCUT2D eigenvalue weighted by atomic mass is 10.2. The first kappa shape index (κ1) is 11.3. The molecule has 0 amide bonds. The van der Waals surface area contributed by atoms with Crippen molar-refractivity contribution in [1.29, 1.82) is 0 Å². The minimum absolute atomic E-state index is 0.321. The molecule has 1 saturated heterocycles. The molecule has 16 heavy (non-hydrogen) atoms. The van der Waals surface area contributed by atoms with Crippen molar-refractivity contribution < 1.29 is 0 Å². The van der Waals surface area contributed by atoms with Crippen LogP contribution in [0.15, 0.2) is 12.4 Å². The molecule has 2 heterocycles. The smallest absolute Gasteiger partial charge is 0.225 e. The van der Waals surface area contributed by atoms with Crippen LogP contribution >= 0.6 is 0 Å². The van der Waals surface area contributed by atoms with E-state index in [0.29, 0.717) is 12.6 Å². The largest absolute Gasteiger partial charge is 0.334 e. The number of aryl methyl sites for hydroxylation is 1. The summed E-state index contributed by atoms with van der Waals surface area (Å²) in [6.07, 6.45) is 3.71. The summed E-state index contributed by atoms with van der Waals surface area (Å²) in [6.45, 7) is 5.60. The SMILES string of the molecule is Cc1cnc(N2CCN(C)CC2CN)nc1. The number of hydrogen-bond donors (Lipinski definition) is 1. The third-order valence-corrected chi connectivity index (χ3v) is 2.98. The minimum Gasteiger partial charge on any atom is -0.334 e. The molecule has 0 radical (unpaired) electrons. The highest BCUT2D eigenvalue weighted by Gasteiger charge is 2.25. The molecule has 2 rings (SSSR count). The highest BCUT2D eigenvalue weighted by molar-refractivity contribution is 5.33. The second kappa shape index (κ2) is 4.76. The van der Waals surface area contributed by atoms with Crippen LogP contribution in [0.2, 0.25) is 0 Å². The summed E-state index contributed by atoms with van der Waals surface area (Å²) in [5.41, 5.74) is 6.88. The van der Waals surface area contributed by atoms with Gasteiger partial charge >= 0.3 is 0 Å². The fourth-order valence-electron chi connectivity index (χ4n) is 2.01. The topological polar surface area (TPSA) is 58.3 Å². The van der Waals surface area contributed by atoms with Gasteiger partial charge in [-0.3, -0.25) is 0 Å². The second-order valence-electron chi connectivity index (χ2n) is 4.41. The van der Waals surface area contributed by atoms with Crippen LogP contribution < -0.4 is 10.6 Å². The van der Waals surface area contributed by atoms with Crippen LogP contribution in [0.4, 0.5) is 5.95 Å². The highest BCUT2D eigenvalue weighted by atomic mass is 15.3. The fourth-order valence-corrected chi connectivity index (χ4v) is 2.01. The van der Waals surface area contributed by atoms with Crippen LogP contribution in [-0.4, -0.2) is 54.1 Å². The summed E-state index contributed by atoms with van der Waals surface area (Å²) in [6, 6.07) is 0.321. The molecule has 1 fully saturated rings. The van der Waals surface area contributed by atoms with E-state index >= 15 is 0 Å². The molecule has 5 nitrogen and oxygen atoms in total. The highest BCUT2D eigenvalue weighted by Crippen LogP contribution is 2.14. The van der Waals surface area contributed by atoms with E-state index in [-0.39, 0.29) is 0 Å². The van der Waals surface area contributed by atoms with Crippen molar-refractivity contribution in [2.24, 2.45) is 5.73 Å². The summed E-state index contributed by atoms with van der Waals surface area (Å²) in [5.74, 6) is 0.800. The van der Waals surface area contributed by atoms with E-state index in [2.05, 4.69) is 26.8 Å². The second-order valence-corrected chi connectivity index (χ2v) is 4.41. The average molecular weight is 221 g/mol. The molecular formula is C11H19N5. The Balaban J connectivity index is 2.15. The third kappa shape index (κ3) is 2.31. The first-order valence-electron chi connectivity index (χ1n) is 5.64. The van der Waals surface area contributed by atoms with Crippen molar-refractivity contribution >= 4 is 5.95 Å². The Morgan fingerprint density at radius 1 is 1.38 bits per heavy atom. The van der Waals surface area contributed by atoms with Crippen LogP contribution in [-0.2, 0) is 0 Å². The van der Waals surface area contributed by atoms with E-state index in [0.717, 1.165) is 31.1 Å². The van der Waals surface area contributed by atoms with Crippen molar-refractivity contribution in [3.05, 3.63) is 18.0 Å². The molecule has 5 heteroatoms. The molecule has 1 aliphatic heterocycles. The Kier molecular flexibility index (Phi) is 3.36. The number of piperazine rings is 1. The zero-order valence-electron chi connectivity index (χ0n) is 9.93. The number of anilines is 1. The van der Waals surface area contributed by atoms with Gasteiger partial charge < -0.3 is 15.5 Å². The lowest BCUT2D eigenvalue weighted by Crippen LogP contribution is -2.55. The zero-order chi connectivity index (χ0) is 11.5. The number of nitrogens with zero attached hydrogens (tertiary/aromatic N) is 4. The molecule has 0 aliphatic carbocycles. The summed E-state index contributed by atoms with van der Waals surface area (Å²) in [5, 5.41) is 0. The molecule has 0 saturated carbocycles. The van der Waals surface area contributed by atoms with Crippen molar-refractivity contribution in [2.75, 3.05) is 38.1 Å². The minimum atomic E-state index is 0.321. The van der Waals surface area contributed by atoms with E-state index in [1.54, 1.807) is 0 Å². The quantitative estimate of drug-likeness (QED) is 0.753. The molecular weight excluding hydrogens is 202 g/mol. The predicted molar refractivity (Wildman–Crippen MR) is 64.5 cm³/mol. The Hall–Kier alpha value is -1.20. The van der Waals surface area contributed by atoms with Crippen LogP contribution in [0.25, 0.3) is 0 Å². The molecule has 2 N–H and O–H groups in total. The standard InChI is InChI=1S/C11H19N5/c1-9-6-13-11(14-7-9)16-4-3-15(2)8-10(16)5-12/h6-7,10H,3-5,8,12H2,1-2H3. The Morgan fingerprint density at radius 2 is 2.06 bits per heavy atom. The molecule has 88 valence electrons. The van der Waals surface area contributed by atoms with Gasteiger partial charge in [-0.05, 0) is 19.5 Å². The normalized spacial score (nSPS) is 22.4. The Bertz CT molecular complexity index is 337. The van der Waals surface area contributed by atoms with Gasteiger partial charge in [-0.25, -0.2) is 9.97 Å². The van der Waals surface area contributed by atoms with Crippen LogP contribution in [0.5, 0.6) is 0 Å². The molecule has 1 atom stereocenters. The van der Waals surface area contributed by atoms with Gasteiger partial charge in [0, 0.05) is 38.6 Å². The summed E-state index contributed by atoms with van der Waals surface area (Å²) in [7, 11) is 2.12. The molecule has 1 unspecified atom stereocenters. The summed E-state index contributed by atoms with van der Waals surface area (Å²) >= 11 is 0. The Labute approximate surface area is 96.3 Å². The molecule has 0 bridgehead atoms. The molecule has 0 spiro atoms. The van der Waals surface area contributed by atoms with Crippen molar-refractivity contribution in [2.45, 2.75) is 13.0 Å². The van der Waals surface area contributed by atoms with Gasteiger partial charge in [-0.1, -0.05) is 0 Å². The van der Waals surface area contributed by atoms with Gasteiger partial charge in [0.2, 0.25) is 5.95 Å². The Morgan fingerprint density at radius 3 is 2.69 bits per heavy atom. The van der Waals surface area contributed by atoms with E-state index in [1.165, 1.54) is 0 Å². The first-order chi connectivity index (χ1) is 7.70. The number of rotatable bonds is 2. The summed E-state index contributed by atoms with van der Waals surface area (Å²) < 4.78 is 0. The van der Waals surface area contributed by atoms with E-state index in [1.807, 2.05) is 19.3 Å². The van der Waals surface area contributed by atoms with Gasteiger partial charge in [0.15, 0.2) is 0 Å². The van der Waals surface area contributed by atoms with Crippen molar-refractivity contribution in [3.8, 4) is 0 Å². The molecule has 1 aromatic heterocycles. The number of hydrogen-bond acceptors (Lipinski definition) is 5. The number of likely N-dealkylation sites (N-methyl/N-ethyl adjacent to an activating group) is 1. The van der Waals surface area contributed by atoms with Gasteiger partial charge in [-0.2, -0.15) is 0 Å². The molecule has 1 aliphatic rings. The first-order valence-corrected chi connectivity index (χ1v) is 5.64. The monoisotopic (exact) mass is 221 g/mol. The van der Waals surface area contributed by atoms with Crippen molar-refractivity contribution in [3.63, 3.8) is 0 Å². The van der Waals surface area contributed by atoms with E-state index < -0.39 is 0 Å². The molecule has 0 aromatic carbocycles. The summed E-state index contributed by atoms with van der Waals surface area (Å²) in [4.78, 5) is 13.2. The lowest BCUT2D eigenvalue weighted by molar-refractivity contribution is 0.267. The van der Waals surface area contributed by atoms with E-state index in [4.69, 9.17) is 5.73 Å². The maximum absolute atomic E-state index is 5.80. The zero-order valence-corrected chi connectivity index (χ0v) is 9.93. The predicted octanol–water partition coefficient (Wildman–Crippen LogP) is -0.136. The van der Waals surface area contributed by atoms with Gasteiger partial charge in [0.05, 0.1) is 6.04 Å². The maximum atomic E-state index is 5.80. The van der Waals surface area contributed by atoms with Crippen molar-refractivity contribution in [1.82, 2.24) is 14.9 Å². The van der Waals surface area contributed by atoms with Gasteiger partial charge in [0.1, 0.15) is 0 Å². The average Bonchev–Trinajstić information content (AvgIpc) is 2.30. The van der Waals surface area contributed by atoms with Crippen LogP contribution in [0.1, 0.15) is 5.56 Å². The van der Waals surface area contributed by atoms with Crippen LogP contribution in [0, 0.1) is 6.92 Å². The molecule has 1 aromatic rings. The van der Waals surface area contributed by atoms with Crippen LogP contribution in [0.3, 0.4) is 0 Å². The lowest BCUT2D eigenvalue weighted by Gasteiger charge is -2.39. The third-order valence-electron chi connectivity index (χ3n) is 2.98. The number of nitrogens with two attached hydrogens (primary N) is 1.